The van der Waals surface area contributed by atoms with Gasteiger partial charge in [0.15, 0.2) is 0 Å². The van der Waals surface area contributed by atoms with Gasteiger partial charge in [-0.3, -0.25) is 19.5 Å². The number of carbonyl (C=O) groups is 3. The number of morpholine rings is 1. The number of benzene rings is 2. The zero-order valence-electron chi connectivity index (χ0n) is 23.3. The summed E-state index contributed by atoms with van der Waals surface area (Å²) >= 11 is 0. The van der Waals surface area contributed by atoms with Crippen LogP contribution < -0.4 is 11.1 Å². The molecule has 2 aromatic carbocycles. The van der Waals surface area contributed by atoms with E-state index in [2.05, 4.69) is 10.3 Å². The summed E-state index contributed by atoms with van der Waals surface area (Å²) in [6.45, 7) is 5.21. The molecule has 0 bridgehead atoms. The van der Waals surface area contributed by atoms with E-state index >= 15 is 0 Å². The van der Waals surface area contributed by atoms with Crippen molar-refractivity contribution < 1.29 is 37.0 Å². The Balaban J connectivity index is 1.69. The van der Waals surface area contributed by atoms with Crippen LogP contribution in [0.2, 0.25) is 0 Å². The number of carbonyl (C=O) groups excluding carboxylic acids is 3. The Morgan fingerprint density at radius 1 is 1.12 bits per heavy atom. The molecular weight excluding hydrogens is 553 g/mol. The van der Waals surface area contributed by atoms with Crippen molar-refractivity contribution in [3.63, 3.8) is 0 Å². The number of rotatable bonds is 7. The summed E-state index contributed by atoms with van der Waals surface area (Å²) in [7, 11) is 0. The van der Waals surface area contributed by atoms with Gasteiger partial charge in [0.25, 0.3) is 5.91 Å². The number of pyridine rings is 1. The smallest absolute Gasteiger partial charge is 0.411 e. The lowest BCUT2D eigenvalue weighted by Crippen LogP contribution is -2.57. The second-order valence-electron chi connectivity index (χ2n) is 10.8. The molecule has 12 heteroatoms. The average molecular weight is 585 g/mol. The number of halogens is 3. The van der Waals surface area contributed by atoms with Gasteiger partial charge in [0, 0.05) is 36.8 Å². The molecule has 1 aromatic heterocycles. The molecule has 0 aliphatic carbocycles. The van der Waals surface area contributed by atoms with E-state index < -0.39 is 52.9 Å². The second kappa shape index (κ2) is 12.6. The minimum Gasteiger partial charge on any atom is -0.444 e. The minimum absolute atomic E-state index is 0.0787. The van der Waals surface area contributed by atoms with E-state index in [4.69, 9.17) is 15.2 Å². The van der Waals surface area contributed by atoms with Crippen molar-refractivity contribution in [2.75, 3.05) is 26.3 Å². The van der Waals surface area contributed by atoms with Crippen LogP contribution in [-0.2, 0) is 14.3 Å². The van der Waals surface area contributed by atoms with Crippen LogP contribution >= 0.6 is 0 Å². The molecule has 2 heterocycles. The molecule has 0 saturated carbocycles. The Morgan fingerprint density at radius 3 is 2.50 bits per heavy atom. The van der Waals surface area contributed by atoms with Crippen LogP contribution in [-0.4, -0.2) is 65.7 Å². The number of nitrogens with zero attached hydrogens (tertiary/aromatic N) is 2. The molecule has 3 N–H and O–H groups in total. The summed E-state index contributed by atoms with van der Waals surface area (Å²) in [6, 6.07) is 8.95. The summed E-state index contributed by atoms with van der Waals surface area (Å²) in [5, 5.41) is 2.77. The van der Waals surface area contributed by atoms with E-state index in [1.165, 1.54) is 23.2 Å². The number of primary amides is 1. The third kappa shape index (κ3) is 7.24. The fourth-order valence-electron chi connectivity index (χ4n) is 4.65. The van der Waals surface area contributed by atoms with E-state index in [9.17, 15) is 27.6 Å². The van der Waals surface area contributed by atoms with E-state index in [-0.39, 0.29) is 43.1 Å². The van der Waals surface area contributed by atoms with E-state index in [0.717, 1.165) is 24.3 Å². The van der Waals surface area contributed by atoms with Crippen LogP contribution in [0.5, 0.6) is 0 Å². The Kier molecular flexibility index (Phi) is 9.15. The fraction of sp³-hybridized carbons (Fsp3) is 0.333. The van der Waals surface area contributed by atoms with Gasteiger partial charge in [0.05, 0.1) is 24.5 Å². The molecule has 1 saturated heterocycles. The van der Waals surface area contributed by atoms with E-state index in [1.54, 1.807) is 32.9 Å². The van der Waals surface area contributed by atoms with Crippen molar-refractivity contribution in [2.24, 2.45) is 5.73 Å². The predicted octanol–water partition coefficient (Wildman–Crippen LogP) is 4.15. The number of amides is 3. The summed E-state index contributed by atoms with van der Waals surface area (Å²) in [4.78, 5) is 43.7. The van der Waals surface area contributed by atoms with Crippen LogP contribution in [0.1, 0.15) is 48.3 Å². The van der Waals surface area contributed by atoms with Gasteiger partial charge >= 0.3 is 6.09 Å². The Morgan fingerprint density at radius 2 is 1.83 bits per heavy atom. The second-order valence-corrected chi connectivity index (χ2v) is 10.8. The van der Waals surface area contributed by atoms with Crippen molar-refractivity contribution in [1.82, 2.24) is 15.2 Å². The van der Waals surface area contributed by atoms with Gasteiger partial charge in [-0.05, 0) is 62.2 Å². The standard InChI is InChI=1S/C30H31F3N4O5/c1-30(2,3)42-29(40)37-9-10-41-16-25(37)28(39)36-15-23(18-11-19(31)14-20(32)12-18)26-21(5-4-8-35-26)17-6-7-24(33)22(13-17)27(34)38/h4-8,11-14,23,25H,9-10,15-16H2,1-3H3,(H2,34,38)(H,36,39)/t23-,25?/m0/s1. The highest BCUT2D eigenvalue weighted by atomic mass is 19.1. The zero-order chi connectivity index (χ0) is 30.6. The maximum Gasteiger partial charge on any atom is 0.411 e. The molecule has 1 fully saturated rings. The molecule has 222 valence electrons. The van der Waals surface area contributed by atoms with Crippen molar-refractivity contribution in [3.8, 4) is 11.1 Å². The highest BCUT2D eigenvalue weighted by molar-refractivity contribution is 5.94. The molecule has 42 heavy (non-hydrogen) atoms. The van der Waals surface area contributed by atoms with Gasteiger partial charge in [-0.1, -0.05) is 12.1 Å². The lowest BCUT2D eigenvalue weighted by Gasteiger charge is -2.35. The van der Waals surface area contributed by atoms with Crippen molar-refractivity contribution in [1.29, 1.82) is 0 Å². The van der Waals surface area contributed by atoms with Gasteiger partial charge in [0.1, 0.15) is 29.1 Å². The first kappa shape index (κ1) is 30.5. The first-order chi connectivity index (χ1) is 19.8. The summed E-state index contributed by atoms with van der Waals surface area (Å²) in [6.07, 6.45) is 0.782. The highest BCUT2D eigenvalue weighted by Crippen LogP contribution is 2.33. The Hall–Kier alpha value is -4.45. The fourth-order valence-corrected chi connectivity index (χ4v) is 4.65. The number of hydrogen-bond acceptors (Lipinski definition) is 6. The number of aromatic nitrogens is 1. The number of nitrogens with one attached hydrogen (secondary N) is 1. The van der Waals surface area contributed by atoms with E-state index in [1.807, 2.05) is 0 Å². The first-order valence-corrected chi connectivity index (χ1v) is 13.2. The van der Waals surface area contributed by atoms with Gasteiger partial charge < -0.3 is 20.5 Å². The number of ether oxygens (including phenoxy) is 2. The SMILES string of the molecule is CC(C)(C)OC(=O)N1CCOCC1C(=O)NC[C@@H](c1cc(F)cc(F)c1)c1ncccc1-c1ccc(F)c(C(N)=O)c1. The average Bonchev–Trinajstić information content (AvgIpc) is 2.92. The van der Waals surface area contributed by atoms with Gasteiger partial charge in [-0.15, -0.1) is 0 Å². The van der Waals surface area contributed by atoms with Gasteiger partial charge in [-0.2, -0.15) is 0 Å². The van der Waals surface area contributed by atoms with E-state index in [0.29, 0.717) is 11.1 Å². The normalized spacial score (nSPS) is 16.0. The zero-order valence-corrected chi connectivity index (χ0v) is 23.3. The van der Waals surface area contributed by atoms with Crippen LogP contribution in [0.15, 0.2) is 54.7 Å². The van der Waals surface area contributed by atoms with Crippen molar-refractivity contribution in [2.45, 2.75) is 38.3 Å². The largest absolute Gasteiger partial charge is 0.444 e. The molecule has 1 unspecified atom stereocenters. The Bertz CT molecular complexity index is 1470. The van der Waals surface area contributed by atoms with Gasteiger partial charge in [-0.25, -0.2) is 18.0 Å². The molecule has 0 spiro atoms. The third-order valence-electron chi connectivity index (χ3n) is 6.54. The molecular formula is C30H31F3N4O5. The monoisotopic (exact) mass is 584 g/mol. The molecule has 9 nitrogen and oxygen atoms in total. The van der Waals surface area contributed by atoms with Crippen LogP contribution in [0.4, 0.5) is 18.0 Å². The van der Waals surface area contributed by atoms with Crippen LogP contribution in [0.25, 0.3) is 11.1 Å². The molecule has 0 radical (unpaired) electrons. The molecule has 3 amide bonds. The quantitative estimate of drug-likeness (QED) is 0.430. The highest BCUT2D eigenvalue weighted by Gasteiger charge is 2.36. The minimum atomic E-state index is -1.02. The summed E-state index contributed by atoms with van der Waals surface area (Å²) in [5.41, 5.74) is 5.44. The maximum absolute atomic E-state index is 14.4. The number of nitrogens with two attached hydrogens (primary N) is 1. The molecule has 2 atom stereocenters. The maximum atomic E-state index is 14.4. The summed E-state index contributed by atoms with van der Waals surface area (Å²) < 4.78 is 53.8. The molecule has 1 aliphatic heterocycles. The molecule has 4 rings (SSSR count). The molecule has 3 aromatic rings. The third-order valence-corrected chi connectivity index (χ3v) is 6.54. The Labute approximate surface area is 240 Å². The van der Waals surface area contributed by atoms with Crippen molar-refractivity contribution in [3.05, 3.63) is 89.0 Å². The lowest BCUT2D eigenvalue weighted by molar-refractivity contribution is -0.132. The summed E-state index contributed by atoms with van der Waals surface area (Å²) in [5.74, 6) is -4.94. The van der Waals surface area contributed by atoms with Crippen LogP contribution in [0, 0.1) is 17.5 Å². The molecule has 1 aliphatic rings. The first-order valence-electron chi connectivity index (χ1n) is 13.2. The lowest BCUT2D eigenvalue weighted by atomic mass is 9.89. The topological polar surface area (TPSA) is 124 Å². The van der Waals surface area contributed by atoms with Crippen LogP contribution in [0.3, 0.4) is 0 Å². The predicted molar refractivity (Wildman–Crippen MR) is 147 cm³/mol. The van der Waals surface area contributed by atoms with Crippen molar-refractivity contribution >= 4 is 17.9 Å². The van der Waals surface area contributed by atoms with Gasteiger partial charge in [0.2, 0.25) is 5.91 Å². The number of hydrogen-bond donors (Lipinski definition) is 2.